The minimum atomic E-state index is 0.476. The van der Waals surface area contributed by atoms with Gasteiger partial charge in [-0.15, -0.1) is 0 Å². The summed E-state index contributed by atoms with van der Waals surface area (Å²) in [7, 11) is 0. The SMILES string of the molecule is CCC(CN)Cc1nc2ccccc2n1-c1ccccc1. The summed E-state index contributed by atoms with van der Waals surface area (Å²) >= 11 is 0. The molecular formula is C18H21N3. The van der Waals surface area contributed by atoms with E-state index in [2.05, 4.69) is 54.0 Å². The van der Waals surface area contributed by atoms with Crippen LogP contribution in [0.25, 0.3) is 16.7 Å². The average molecular weight is 279 g/mol. The van der Waals surface area contributed by atoms with Gasteiger partial charge in [-0.2, -0.15) is 0 Å². The van der Waals surface area contributed by atoms with Crippen LogP contribution in [0.4, 0.5) is 0 Å². The summed E-state index contributed by atoms with van der Waals surface area (Å²) in [5, 5.41) is 0. The lowest BCUT2D eigenvalue weighted by molar-refractivity contribution is 0.503. The average Bonchev–Trinajstić information content (AvgIpc) is 2.91. The summed E-state index contributed by atoms with van der Waals surface area (Å²) in [4.78, 5) is 4.83. The second kappa shape index (κ2) is 6.10. The van der Waals surface area contributed by atoms with E-state index in [1.54, 1.807) is 0 Å². The molecule has 0 saturated heterocycles. The van der Waals surface area contributed by atoms with Crippen molar-refractivity contribution < 1.29 is 0 Å². The van der Waals surface area contributed by atoms with Crippen LogP contribution in [0.5, 0.6) is 0 Å². The van der Waals surface area contributed by atoms with Gasteiger partial charge in [0.25, 0.3) is 0 Å². The molecular weight excluding hydrogens is 258 g/mol. The van der Waals surface area contributed by atoms with Crippen molar-refractivity contribution in [3.63, 3.8) is 0 Å². The summed E-state index contributed by atoms with van der Waals surface area (Å²) in [6.07, 6.45) is 1.99. The van der Waals surface area contributed by atoms with Crippen molar-refractivity contribution in [2.45, 2.75) is 19.8 Å². The quantitative estimate of drug-likeness (QED) is 0.776. The maximum Gasteiger partial charge on any atom is 0.114 e. The zero-order valence-corrected chi connectivity index (χ0v) is 12.4. The fourth-order valence-electron chi connectivity index (χ4n) is 2.73. The predicted molar refractivity (Wildman–Crippen MR) is 87.6 cm³/mol. The van der Waals surface area contributed by atoms with Crippen LogP contribution in [-0.4, -0.2) is 16.1 Å². The second-order valence-corrected chi connectivity index (χ2v) is 5.40. The first-order chi connectivity index (χ1) is 10.3. The van der Waals surface area contributed by atoms with Crippen LogP contribution in [-0.2, 0) is 6.42 Å². The monoisotopic (exact) mass is 279 g/mol. The Hall–Kier alpha value is -2.13. The Morgan fingerprint density at radius 1 is 1.05 bits per heavy atom. The van der Waals surface area contributed by atoms with Gasteiger partial charge in [-0.05, 0) is 36.7 Å². The van der Waals surface area contributed by atoms with Gasteiger partial charge in [0.1, 0.15) is 5.82 Å². The van der Waals surface area contributed by atoms with Crippen LogP contribution in [0.1, 0.15) is 19.2 Å². The molecule has 1 heterocycles. The van der Waals surface area contributed by atoms with Gasteiger partial charge in [-0.1, -0.05) is 43.7 Å². The molecule has 3 heteroatoms. The van der Waals surface area contributed by atoms with Gasteiger partial charge in [-0.25, -0.2) is 4.98 Å². The van der Waals surface area contributed by atoms with Crippen LogP contribution >= 0.6 is 0 Å². The van der Waals surface area contributed by atoms with E-state index >= 15 is 0 Å². The molecule has 108 valence electrons. The maximum atomic E-state index is 5.88. The van der Waals surface area contributed by atoms with Crippen LogP contribution in [0, 0.1) is 5.92 Å². The van der Waals surface area contributed by atoms with Crippen molar-refractivity contribution in [1.82, 2.24) is 9.55 Å². The topological polar surface area (TPSA) is 43.8 Å². The third-order valence-corrected chi connectivity index (χ3v) is 4.03. The van der Waals surface area contributed by atoms with E-state index in [0.717, 1.165) is 35.4 Å². The number of nitrogens with zero attached hydrogens (tertiary/aromatic N) is 2. The van der Waals surface area contributed by atoms with Crippen LogP contribution in [0.15, 0.2) is 54.6 Å². The molecule has 0 radical (unpaired) electrons. The zero-order chi connectivity index (χ0) is 14.7. The third-order valence-electron chi connectivity index (χ3n) is 4.03. The minimum Gasteiger partial charge on any atom is -0.330 e. The maximum absolute atomic E-state index is 5.88. The fourth-order valence-corrected chi connectivity index (χ4v) is 2.73. The second-order valence-electron chi connectivity index (χ2n) is 5.40. The van der Waals surface area contributed by atoms with Crippen molar-refractivity contribution in [1.29, 1.82) is 0 Å². The molecule has 1 atom stereocenters. The summed E-state index contributed by atoms with van der Waals surface area (Å²) < 4.78 is 2.26. The highest BCUT2D eigenvalue weighted by molar-refractivity contribution is 5.78. The summed E-state index contributed by atoms with van der Waals surface area (Å²) in [6.45, 7) is 2.89. The van der Waals surface area contributed by atoms with Gasteiger partial charge in [0.15, 0.2) is 0 Å². The Balaban J connectivity index is 2.15. The molecule has 1 unspecified atom stereocenters. The molecule has 0 fully saturated rings. The lowest BCUT2D eigenvalue weighted by Crippen LogP contribution is -2.18. The molecule has 1 aromatic heterocycles. The zero-order valence-electron chi connectivity index (χ0n) is 12.4. The first-order valence-corrected chi connectivity index (χ1v) is 7.55. The summed E-state index contributed by atoms with van der Waals surface area (Å²) in [5.41, 5.74) is 9.24. The molecule has 0 aliphatic rings. The van der Waals surface area contributed by atoms with Crippen molar-refractivity contribution in [2.75, 3.05) is 6.54 Å². The van der Waals surface area contributed by atoms with E-state index in [9.17, 15) is 0 Å². The van der Waals surface area contributed by atoms with Crippen molar-refractivity contribution >= 4 is 11.0 Å². The Labute approximate surface area is 125 Å². The highest BCUT2D eigenvalue weighted by atomic mass is 15.1. The molecule has 3 rings (SSSR count). The van der Waals surface area contributed by atoms with Gasteiger partial charge in [0.05, 0.1) is 11.0 Å². The van der Waals surface area contributed by atoms with Gasteiger partial charge in [0, 0.05) is 12.1 Å². The first-order valence-electron chi connectivity index (χ1n) is 7.55. The highest BCUT2D eigenvalue weighted by Crippen LogP contribution is 2.23. The number of hydrogen-bond acceptors (Lipinski definition) is 2. The number of rotatable bonds is 5. The molecule has 3 nitrogen and oxygen atoms in total. The highest BCUT2D eigenvalue weighted by Gasteiger charge is 2.15. The Morgan fingerprint density at radius 3 is 2.48 bits per heavy atom. The number of nitrogens with two attached hydrogens (primary N) is 1. The van der Waals surface area contributed by atoms with E-state index in [4.69, 9.17) is 10.7 Å². The Kier molecular flexibility index (Phi) is 4.02. The molecule has 0 aliphatic carbocycles. The fraction of sp³-hybridized carbons (Fsp3) is 0.278. The molecule has 0 aliphatic heterocycles. The standard InChI is InChI=1S/C18H21N3/c1-2-14(13-19)12-18-20-16-10-6-7-11-17(16)21(18)15-8-4-3-5-9-15/h3-11,14H,2,12-13,19H2,1H3. The molecule has 2 N–H and O–H groups in total. The number of para-hydroxylation sites is 3. The van der Waals surface area contributed by atoms with Crippen LogP contribution < -0.4 is 5.73 Å². The molecule has 3 aromatic rings. The predicted octanol–water partition coefficient (Wildman–Crippen LogP) is 3.55. The minimum absolute atomic E-state index is 0.476. The first kappa shape index (κ1) is 13.8. The number of fused-ring (bicyclic) bond motifs is 1. The Morgan fingerprint density at radius 2 is 1.76 bits per heavy atom. The van der Waals surface area contributed by atoms with E-state index in [0.29, 0.717) is 12.5 Å². The Bertz CT molecular complexity index is 712. The number of benzene rings is 2. The molecule has 21 heavy (non-hydrogen) atoms. The summed E-state index contributed by atoms with van der Waals surface area (Å²) in [6, 6.07) is 18.7. The number of imidazole rings is 1. The molecule has 0 bridgehead atoms. The lowest BCUT2D eigenvalue weighted by Gasteiger charge is -2.14. The molecule has 0 amide bonds. The normalized spacial score (nSPS) is 12.7. The van der Waals surface area contributed by atoms with E-state index in [1.165, 1.54) is 0 Å². The van der Waals surface area contributed by atoms with Crippen molar-refractivity contribution in [3.05, 3.63) is 60.4 Å². The van der Waals surface area contributed by atoms with Gasteiger partial charge in [-0.3, -0.25) is 4.57 Å². The van der Waals surface area contributed by atoms with Gasteiger partial charge < -0.3 is 5.73 Å². The van der Waals surface area contributed by atoms with Crippen LogP contribution in [0.2, 0.25) is 0 Å². The largest absolute Gasteiger partial charge is 0.330 e. The lowest BCUT2D eigenvalue weighted by atomic mass is 10.0. The molecule has 2 aromatic carbocycles. The van der Waals surface area contributed by atoms with E-state index < -0.39 is 0 Å². The van der Waals surface area contributed by atoms with Gasteiger partial charge >= 0.3 is 0 Å². The van der Waals surface area contributed by atoms with Crippen molar-refractivity contribution in [3.8, 4) is 5.69 Å². The molecule has 0 spiro atoms. The smallest absolute Gasteiger partial charge is 0.114 e. The summed E-state index contributed by atoms with van der Waals surface area (Å²) in [5.74, 6) is 1.57. The molecule has 0 saturated carbocycles. The van der Waals surface area contributed by atoms with Crippen molar-refractivity contribution in [2.24, 2.45) is 11.7 Å². The third kappa shape index (κ3) is 2.69. The van der Waals surface area contributed by atoms with Gasteiger partial charge in [0.2, 0.25) is 0 Å². The van der Waals surface area contributed by atoms with E-state index in [-0.39, 0.29) is 0 Å². The number of aromatic nitrogens is 2. The number of hydrogen-bond donors (Lipinski definition) is 1. The van der Waals surface area contributed by atoms with Crippen LogP contribution in [0.3, 0.4) is 0 Å². The van der Waals surface area contributed by atoms with E-state index in [1.807, 2.05) is 12.1 Å².